The van der Waals surface area contributed by atoms with E-state index in [1.807, 2.05) is 0 Å². The molecule has 4 nitrogen and oxygen atoms in total. The summed E-state index contributed by atoms with van der Waals surface area (Å²) in [6.45, 7) is 0. The monoisotopic (exact) mass is 264 g/mol. The van der Waals surface area contributed by atoms with Gasteiger partial charge in [0, 0.05) is 5.56 Å². The third-order valence-corrected chi connectivity index (χ3v) is 2.88. The first-order chi connectivity index (χ1) is 7.49. The first kappa shape index (κ1) is 13.3. The fraction of sp³-hybridized carbons (Fsp3) is 0.300. The Bertz CT molecular complexity index is 394. The van der Waals surface area contributed by atoms with Gasteiger partial charge in [-0.2, -0.15) is 0 Å². The molecule has 2 N–H and O–H groups in total. The fourth-order valence-corrected chi connectivity index (χ4v) is 1.59. The minimum absolute atomic E-state index is 0.0969. The molecule has 1 aromatic carbocycles. The molecule has 0 spiro atoms. The molecule has 0 saturated carbocycles. The Balaban J connectivity index is 3.00. The first-order valence-electron chi connectivity index (χ1n) is 4.37. The summed E-state index contributed by atoms with van der Waals surface area (Å²) in [6, 6.07) is 4.55. The third kappa shape index (κ3) is 2.65. The Morgan fingerprint density at radius 2 is 2.00 bits per heavy atom. The molecule has 1 rings (SSSR count). The summed E-state index contributed by atoms with van der Waals surface area (Å²) < 4.78 is 4.30. The van der Waals surface area contributed by atoms with E-state index in [9.17, 15) is 15.0 Å². The van der Waals surface area contributed by atoms with Crippen LogP contribution in [0.2, 0.25) is 10.0 Å². The fourth-order valence-electron chi connectivity index (χ4n) is 1.17. The molecule has 88 valence electrons. The van der Waals surface area contributed by atoms with E-state index >= 15 is 0 Å². The molecule has 0 saturated heterocycles. The van der Waals surface area contributed by atoms with Gasteiger partial charge in [-0.25, -0.2) is 4.79 Å². The molecule has 0 radical (unpaired) electrons. The molecular formula is C10H10Cl2O4. The molecule has 1 aromatic rings. The number of hydrogen-bond donors (Lipinski definition) is 2. The van der Waals surface area contributed by atoms with Gasteiger partial charge in [0.05, 0.1) is 17.2 Å². The lowest BCUT2D eigenvalue weighted by Crippen LogP contribution is -2.29. The molecule has 0 aliphatic heterocycles. The summed E-state index contributed by atoms with van der Waals surface area (Å²) in [7, 11) is 1.11. The molecule has 0 heterocycles. The quantitative estimate of drug-likeness (QED) is 0.814. The number of rotatable bonds is 3. The molecule has 6 heteroatoms. The van der Waals surface area contributed by atoms with Crippen LogP contribution in [0, 0.1) is 0 Å². The second-order valence-corrected chi connectivity index (χ2v) is 3.84. The summed E-state index contributed by atoms with van der Waals surface area (Å²) in [4.78, 5) is 11.0. The van der Waals surface area contributed by atoms with E-state index in [4.69, 9.17) is 23.2 Å². The minimum atomic E-state index is -1.69. The number of halogens is 2. The van der Waals surface area contributed by atoms with Crippen molar-refractivity contribution in [2.45, 2.75) is 12.2 Å². The van der Waals surface area contributed by atoms with E-state index in [2.05, 4.69) is 4.74 Å². The van der Waals surface area contributed by atoms with E-state index < -0.39 is 18.2 Å². The molecule has 2 unspecified atom stereocenters. The number of aliphatic hydroxyl groups excluding tert-OH is 2. The number of carbonyl (C=O) groups is 1. The van der Waals surface area contributed by atoms with Crippen molar-refractivity contribution >= 4 is 29.2 Å². The number of carbonyl (C=O) groups excluding carboxylic acids is 1. The van der Waals surface area contributed by atoms with Crippen LogP contribution >= 0.6 is 23.2 Å². The van der Waals surface area contributed by atoms with Crippen LogP contribution < -0.4 is 0 Å². The van der Waals surface area contributed by atoms with Crippen molar-refractivity contribution in [3.63, 3.8) is 0 Å². The first-order valence-corrected chi connectivity index (χ1v) is 5.12. The molecule has 2 atom stereocenters. The van der Waals surface area contributed by atoms with Crippen molar-refractivity contribution in [2.75, 3.05) is 7.11 Å². The normalized spacial score (nSPS) is 14.3. The number of esters is 1. The van der Waals surface area contributed by atoms with Crippen molar-refractivity contribution in [1.82, 2.24) is 0 Å². The molecule has 0 aliphatic carbocycles. The van der Waals surface area contributed by atoms with Crippen molar-refractivity contribution in [1.29, 1.82) is 0 Å². The van der Waals surface area contributed by atoms with E-state index in [0.717, 1.165) is 7.11 Å². The van der Waals surface area contributed by atoms with Gasteiger partial charge in [0.15, 0.2) is 6.10 Å². The van der Waals surface area contributed by atoms with Gasteiger partial charge in [0.1, 0.15) is 6.10 Å². The Kier molecular flexibility index (Phi) is 4.56. The number of methoxy groups -OCH3 is 1. The molecule has 0 amide bonds. The van der Waals surface area contributed by atoms with Crippen LogP contribution in [-0.4, -0.2) is 29.4 Å². The van der Waals surface area contributed by atoms with Gasteiger partial charge in [0.2, 0.25) is 0 Å². The smallest absolute Gasteiger partial charge is 0.337 e. The van der Waals surface area contributed by atoms with Crippen LogP contribution in [0.1, 0.15) is 11.7 Å². The SMILES string of the molecule is COC(=O)C(O)C(O)c1cccc(Cl)c1Cl. The Morgan fingerprint density at radius 1 is 1.38 bits per heavy atom. The van der Waals surface area contributed by atoms with E-state index in [1.54, 1.807) is 6.07 Å². The zero-order valence-electron chi connectivity index (χ0n) is 8.35. The predicted octanol–water partition coefficient (Wildman–Crippen LogP) is 1.56. The van der Waals surface area contributed by atoms with Gasteiger partial charge < -0.3 is 14.9 Å². The number of hydrogen-bond acceptors (Lipinski definition) is 4. The average Bonchev–Trinajstić information content (AvgIpc) is 2.29. The summed E-state index contributed by atoms with van der Waals surface area (Å²) >= 11 is 11.6. The number of aliphatic hydroxyl groups is 2. The highest BCUT2D eigenvalue weighted by molar-refractivity contribution is 6.42. The molecular weight excluding hydrogens is 255 g/mol. The van der Waals surface area contributed by atoms with Gasteiger partial charge in [-0.05, 0) is 6.07 Å². The summed E-state index contributed by atoms with van der Waals surface area (Å²) in [5, 5.41) is 19.5. The summed E-state index contributed by atoms with van der Waals surface area (Å²) in [5.41, 5.74) is 0.173. The van der Waals surface area contributed by atoms with Crippen LogP contribution in [0.3, 0.4) is 0 Å². The maximum atomic E-state index is 11.0. The highest BCUT2D eigenvalue weighted by Crippen LogP contribution is 2.31. The van der Waals surface area contributed by atoms with Crippen molar-refractivity contribution in [3.05, 3.63) is 33.8 Å². The maximum Gasteiger partial charge on any atom is 0.337 e. The number of benzene rings is 1. The zero-order valence-corrected chi connectivity index (χ0v) is 9.87. The lowest BCUT2D eigenvalue weighted by atomic mass is 10.0. The minimum Gasteiger partial charge on any atom is -0.467 e. The Morgan fingerprint density at radius 3 is 2.56 bits per heavy atom. The van der Waals surface area contributed by atoms with Crippen LogP contribution in [0.15, 0.2) is 18.2 Å². The van der Waals surface area contributed by atoms with Gasteiger partial charge >= 0.3 is 5.97 Å². The number of ether oxygens (including phenoxy) is 1. The molecule has 0 aromatic heterocycles. The van der Waals surface area contributed by atoms with E-state index in [0.29, 0.717) is 0 Å². The molecule has 16 heavy (non-hydrogen) atoms. The summed E-state index contributed by atoms with van der Waals surface area (Å²) in [6.07, 6.45) is -3.17. The van der Waals surface area contributed by atoms with Crippen LogP contribution in [0.4, 0.5) is 0 Å². The predicted molar refractivity (Wildman–Crippen MR) is 59.4 cm³/mol. The topological polar surface area (TPSA) is 66.8 Å². The Hall–Kier alpha value is -0.810. The standard InChI is InChI=1S/C10H10Cl2O4/c1-16-10(15)9(14)8(13)5-3-2-4-6(11)7(5)12/h2-4,8-9,13-14H,1H3. The van der Waals surface area contributed by atoms with Crippen LogP contribution in [-0.2, 0) is 9.53 Å². The van der Waals surface area contributed by atoms with Crippen molar-refractivity contribution < 1.29 is 19.7 Å². The van der Waals surface area contributed by atoms with Crippen molar-refractivity contribution in [3.8, 4) is 0 Å². The second-order valence-electron chi connectivity index (χ2n) is 3.06. The van der Waals surface area contributed by atoms with E-state index in [1.165, 1.54) is 12.1 Å². The highest BCUT2D eigenvalue weighted by Gasteiger charge is 2.28. The zero-order chi connectivity index (χ0) is 12.3. The maximum absolute atomic E-state index is 11.0. The largest absolute Gasteiger partial charge is 0.467 e. The molecule has 0 bridgehead atoms. The molecule has 0 fully saturated rings. The average molecular weight is 265 g/mol. The third-order valence-electron chi connectivity index (χ3n) is 2.04. The van der Waals surface area contributed by atoms with Crippen LogP contribution in [0.5, 0.6) is 0 Å². The molecule has 0 aliphatic rings. The second kappa shape index (κ2) is 5.50. The van der Waals surface area contributed by atoms with Crippen molar-refractivity contribution in [2.24, 2.45) is 0 Å². The lowest BCUT2D eigenvalue weighted by molar-refractivity contribution is -0.156. The highest BCUT2D eigenvalue weighted by atomic mass is 35.5. The van der Waals surface area contributed by atoms with Gasteiger partial charge in [-0.15, -0.1) is 0 Å². The van der Waals surface area contributed by atoms with Gasteiger partial charge in [-0.1, -0.05) is 35.3 Å². The van der Waals surface area contributed by atoms with Gasteiger partial charge in [0.25, 0.3) is 0 Å². The van der Waals surface area contributed by atoms with E-state index in [-0.39, 0.29) is 15.6 Å². The van der Waals surface area contributed by atoms with Gasteiger partial charge in [-0.3, -0.25) is 0 Å². The van der Waals surface area contributed by atoms with Crippen LogP contribution in [0.25, 0.3) is 0 Å². The summed E-state index contributed by atoms with van der Waals surface area (Å²) in [5.74, 6) is -0.941. The lowest BCUT2D eigenvalue weighted by Gasteiger charge is -2.17. The Labute approximate surface area is 102 Å².